The maximum Gasteiger partial charge on any atom is 0.329 e. The van der Waals surface area contributed by atoms with Crippen LogP contribution in [0.25, 0.3) is 6.08 Å². The minimum absolute atomic E-state index is 0.00656. The number of amides is 3. The molecule has 8 heteroatoms. The van der Waals surface area contributed by atoms with E-state index >= 15 is 0 Å². The normalized spacial score (nSPS) is 17.1. The summed E-state index contributed by atoms with van der Waals surface area (Å²) < 4.78 is 5.66. The van der Waals surface area contributed by atoms with E-state index in [1.807, 2.05) is 13.8 Å². The molecule has 1 aromatic rings. The Morgan fingerprint density at radius 1 is 1.46 bits per heavy atom. The highest BCUT2D eigenvalue weighted by Crippen LogP contribution is 2.28. The Hall–Kier alpha value is -2.54. The van der Waals surface area contributed by atoms with Gasteiger partial charge < -0.3 is 15.2 Å². The fourth-order valence-electron chi connectivity index (χ4n) is 2.02. The summed E-state index contributed by atoms with van der Waals surface area (Å²) in [6, 6.07) is 4.20. The van der Waals surface area contributed by atoms with Gasteiger partial charge in [-0.1, -0.05) is 24.6 Å². The number of urea groups is 1. The first-order valence-electron chi connectivity index (χ1n) is 7.34. The molecule has 0 bridgehead atoms. The summed E-state index contributed by atoms with van der Waals surface area (Å²) in [7, 11) is 0. The molecular weight excluding hydrogens is 336 g/mol. The molecule has 1 heterocycles. The molecule has 2 rings (SSSR count). The first-order valence-corrected chi connectivity index (χ1v) is 7.72. The molecule has 1 atom stereocenters. The van der Waals surface area contributed by atoms with Crippen LogP contribution in [-0.2, 0) is 9.59 Å². The minimum Gasteiger partial charge on any atom is -0.489 e. The van der Waals surface area contributed by atoms with Gasteiger partial charge in [0.25, 0.3) is 5.91 Å². The van der Waals surface area contributed by atoms with E-state index in [1.54, 1.807) is 18.2 Å². The number of carboxylic acids is 1. The fourth-order valence-corrected chi connectivity index (χ4v) is 2.25. The number of aliphatic carboxylic acids is 1. The van der Waals surface area contributed by atoms with Crippen LogP contribution in [0, 0.1) is 0 Å². The Morgan fingerprint density at radius 3 is 2.75 bits per heavy atom. The van der Waals surface area contributed by atoms with Crippen molar-refractivity contribution in [3.05, 3.63) is 34.5 Å². The van der Waals surface area contributed by atoms with Gasteiger partial charge in [-0.3, -0.25) is 9.59 Å². The number of nitrogens with zero attached hydrogens (tertiary/aromatic N) is 1. The Balaban J connectivity index is 2.19. The molecule has 0 spiro atoms. The highest BCUT2D eigenvalue weighted by atomic mass is 35.5. The van der Waals surface area contributed by atoms with Gasteiger partial charge in [-0.15, -0.1) is 0 Å². The fraction of sp³-hybridized carbons (Fsp3) is 0.312. The molecule has 0 unspecified atom stereocenters. The molecule has 3 amide bonds. The molecule has 0 aromatic heterocycles. The van der Waals surface area contributed by atoms with Crippen LogP contribution < -0.4 is 10.1 Å². The number of carbonyl (C=O) groups excluding carboxylic acids is 2. The average molecular weight is 353 g/mol. The number of nitrogens with one attached hydrogen (secondary N) is 1. The van der Waals surface area contributed by atoms with Crippen molar-refractivity contribution in [3.8, 4) is 5.75 Å². The number of ether oxygens (including phenoxy) is 1. The lowest BCUT2D eigenvalue weighted by atomic mass is 10.1. The number of halogens is 1. The van der Waals surface area contributed by atoms with Crippen molar-refractivity contribution in [3.63, 3.8) is 0 Å². The molecule has 7 nitrogen and oxygen atoms in total. The second-order valence-electron chi connectivity index (χ2n) is 5.30. The molecule has 2 N–H and O–H groups in total. The molecule has 0 aliphatic carbocycles. The summed E-state index contributed by atoms with van der Waals surface area (Å²) in [6.45, 7) is 3.23. The highest BCUT2D eigenvalue weighted by Gasteiger charge is 2.34. The highest BCUT2D eigenvalue weighted by molar-refractivity contribution is 6.32. The number of hydrogen-bond donors (Lipinski definition) is 2. The van der Waals surface area contributed by atoms with Crippen LogP contribution in [0.3, 0.4) is 0 Å². The zero-order valence-corrected chi connectivity index (χ0v) is 14.0. The predicted molar refractivity (Wildman–Crippen MR) is 87.7 cm³/mol. The molecule has 128 valence electrons. The van der Waals surface area contributed by atoms with Crippen molar-refractivity contribution in [2.45, 2.75) is 26.4 Å². The molecule has 24 heavy (non-hydrogen) atoms. The number of rotatable bonds is 6. The monoisotopic (exact) mass is 352 g/mol. The third kappa shape index (κ3) is 4.05. The third-order valence-corrected chi connectivity index (χ3v) is 3.72. The third-order valence-electron chi connectivity index (χ3n) is 3.43. The number of imide groups is 1. The van der Waals surface area contributed by atoms with Crippen molar-refractivity contribution in [1.29, 1.82) is 0 Å². The molecule has 0 saturated carbocycles. The van der Waals surface area contributed by atoms with E-state index in [-0.39, 0.29) is 11.8 Å². The number of benzene rings is 1. The van der Waals surface area contributed by atoms with Gasteiger partial charge in [-0.05, 0) is 37.1 Å². The van der Waals surface area contributed by atoms with E-state index in [9.17, 15) is 14.4 Å². The summed E-state index contributed by atoms with van der Waals surface area (Å²) in [5.74, 6) is -1.43. The minimum atomic E-state index is -1.27. The molecule has 1 aliphatic rings. The molecule has 1 fully saturated rings. The molecule has 0 radical (unpaired) electrons. The van der Waals surface area contributed by atoms with Crippen molar-refractivity contribution in [2.24, 2.45) is 0 Å². The van der Waals surface area contributed by atoms with Crippen molar-refractivity contribution >= 4 is 35.6 Å². The summed E-state index contributed by atoms with van der Waals surface area (Å²) in [6.07, 6.45) is 2.29. The van der Waals surface area contributed by atoms with E-state index in [0.717, 1.165) is 6.42 Å². The molecular formula is C16H17ClN2O5. The van der Waals surface area contributed by atoms with Gasteiger partial charge in [0.1, 0.15) is 18.0 Å². The van der Waals surface area contributed by atoms with E-state index in [0.29, 0.717) is 21.2 Å². The van der Waals surface area contributed by atoms with E-state index in [2.05, 4.69) is 5.32 Å². The lowest BCUT2D eigenvalue weighted by molar-refractivity contribution is -0.140. The smallest absolute Gasteiger partial charge is 0.329 e. The van der Waals surface area contributed by atoms with Gasteiger partial charge in [0.15, 0.2) is 0 Å². The summed E-state index contributed by atoms with van der Waals surface area (Å²) in [5.41, 5.74) is 0.574. The van der Waals surface area contributed by atoms with Crippen LogP contribution in [0.4, 0.5) is 4.79 Å². The average Bonchev–Trinajstić information content (AvgIpc) is 2.77. The van der Waals surface area contributed by atoms with Gasteiger partial charge in [0, 0.05) is 0 Å². The molecule has 1 aliphatic heterocycles. The topological polar surface area (TPSA) is 95.9 Å². The molecule has 1 aromatic carbocycles. The van der Waals surface area contributed by atoms with Gasteiger partial charge in [0.05, 0.1) is 11.1 Å². The molecule has 1 saturated heterocycles. The zero-order valence-electron chi connectivity index (χ0n) is 13.2. The largest absolute Gasteiger partial charge is 0.489 e. The Labute approximate surface area is 143 Å². The maximum absolute atomic E-state index is 12.0. The van der Waals surface area contributed by atoms with E-state index < -0.39 is 24.5 Å². The standard InChI is InChI=1S/C16H17ClN2O5/c1-3-9(2)24-13-5-4-10(6-11(13)17)7-12-15(22)19(8-14(20)21)16(23)18-12/h4-7,9H,3,8H2,1-2H3,(H,18,23)(H,20,21)/b12-7+/t9-/m1/s1. The zero-order chi connectivity index (χ0) is 17.9. The number of carboxylic acid groups (broad SMARTS) is 1. The Kier molecular flexibility index (Phi) is 5.46. The van der Waals surface area contributed by atoms with Crippen molar-refractivity contribution < 1.29 is 24.2 Å². The second-order valence-corrected chi connectivity index (χ2v) is 5.71. The number of hydrogen-bond acceptors (Lipinski definition) is 4. The van der Waals surface area contributed by atoms with Gasteiger partial charge in [-0.25, -0.2) is 9.69 Å². The maximum atomic E-state index is 12.0. The summed E-state index contributed by atoms with van der Waals surface area (Å²) >= 11 is 6.16. The predicted octanol–water partition coefficient (Wildman–Crippen LogP) is 2.49. The van der Waals surface area contributed by atoms with E-state index in [1.165, 1.54) is 6.08 Å². The Morgan fingerprint density at radius 2 is 2.17 bits per heavy atom. The van der Waals surface area contributed by atoms with Gasteiger partial charge in [0.2, 0.25) is 0 Å². The quantitative estimate of drug-likeness (QED) is 0.605. The van der Waals surface area contributed by atoms with Crippen molar-refractivity contribution in [2.75, 3.05) is 6.54 Å². The summed E-state index contributed by atoms with van der Waals surface area (Å²) in [4.78, 5) is 35.0. The first kappa shape index (κ1) is 17.8. The van der Waals surface area contributed by atoms with Crippen LogP contribution in [0.1, 0.15) is 25.8 Å². The lowest BCUT2D eigenvalue weighted by Gasteiger charge is -2.14. The van der Waals surface area contributed by atoms with Crippen LogP contribution in [0.5, 0.6) is 5.75 Å². The summed E-state index contributed by atoms with van der Waals surface area (Å²) in [5, 5.41) is 11.4. The SMILES string of the molecule is CC[C@@H](C)Oc1ccc(/C=C2/NC(=O)N(CC(=O)O)C2=O)cc1Cl. The van der Waals surface area contributed by atoms with Crippen LogP contribution in [0.15, 0.2) is 23.9 Å². The second kappa shape index (κ2) is 7.35. The van der Waals surface area contributed by atoms with Crippen molar-refractivity contribution in [1.82, 2.24) is 10.2 Å². The van der Waals surface area contributed by atoms with E-state index in [4.69, 9.17) is 21.4 Å². The lowest BCUT2D eigenvalue weighted by Crippen LogP contribution is -2.35. The van der Waals surface area contributed by atoms with Gasteiger partial charge >= 0.3 is 12.0 Å². The Bertz CT molecular complexity index is 716. The first-order chi connectivity index (χ1) is 11.3. The van der Waals surface area contributed by atoms with Gasteiger partial charge in [-0.2, -0.15) is 0 Å². The van der Waals surface area contributed by atoms with Crippen LogP contribution >= 0.6 is 11.6 Å². The van der Waals surface area contributed by atoms with Crippen LogP contribution in [-0.4, -0.2) is 40.6 Å². The van der Waals surface area contributed by atoms with Crippen LogP contribution in [0.2, 0.25) is 5.02 Å². The number of carbonyl (C=O) groups is 3.